The van der Waals surface area contributed by atoms with Gasteiger partial charge in [-0.05, 0) is 6.42 Å². The Kier molecular flexibility index (Phi) is 3.42. The topological polar surface area (TPSA) is 41.6 Å². The van der Waals surface area contributed by atoms with Gasteiger partial charge in [0.2, 0.25) is 0 Å². The first-order valence-electron chi connectivity index (χ1n) is 3.88. The van der Waals surface area contributed by atoms with Crippen molar-refractivity contribution < 1.29 is 0 Å². The molecule has 0 saturated heterocycles. The lowest BCUT2D eigenvalue weighted by molar-refractivity contribution is 0.686. The molecule has 1 heterocycles. The van der Waals surface area contributed by atoms with Gasteiger partial charge in [0.15, 0.2) is 0 Å². The van der Waals surface area contributed by atoms with Crippen molar-refractivity contribution in [1.82, 2.24) is 15.2 Å². The summed E-state index contributed by atoms with van der Waals surface area (Å²) in [7, 11) is 0. The molecule has 0 saturated carbocycles. The lowest BCUT2D eigenvalue weighted by atomic mass is 10.2. The number of nitrogens with zero attached hydrogens (tertiary/aromatic N) is 2. The summed E-state index contributed by atoms with van der Waals surface area (Å²) >= 11 is 4.39. The Morgan fingerprint density at radius 1 is 1.73 bits per heavy atom. The van der Waals surface area contributed by atoms with Gasteiger partial charge in [0.1, 0.15) is 12.2 Å². The summed E-state index contributed by atoms with van der Waals surface area (Å²) < 4.78 is 0. The number of unbranched alkanes of at least 4 members (excludes halogenated alkanes) is 1. The number of nitrogens with one attached hydrogen (secondary N) is 1. The third-order valence-electron chi connectivity index (χ3n) is 1.58. The van der Waals surface area contributed by atoms with Crippen LogP contribution in [0.15, 0.2) is 6.33 Å². The zero-order valence-electron chi connectivity index (χ0n) is 6.62. The Bertz CT molecular complexity index is 186. The molecule has 1 rings (SSSR count). The van der Waals surface area contributed by atoms with Gasteiger partial charge in [-0.2, -0.15) is 17.7 Å². The van der Waals surface area contributed by atoms with E-state index in [1.807, 2.05) is 0 Å². The van der Waals surface area contributed by atoms with E-state index < -0.39 is 0 Å². The minimum atomic E-state index is 0.220. The normalized spacial score (nSPS) is 13.3. The van der Waals surface area contributed by atoms with Gasteiger partial charge in [-0.15, -0.1) is 0 Å². The highest BCUT2D eigenvalue weighted by Gasteiger charge is 2.07. The molecule has 62 valence electrons. The van der Waals surface area contributed by atoms with Gasteiger partial charge in [-0.25, -0.2) is 4.98 Å². The predicted molar refractivity (Wildman–Crippen MR) is 47.6 cm³/mol. The molecule has 0 amide bonds. The first-order chi connectivity index (χ1) is 5.34. The summed E-state index contributed by atoms with van der Waals surface area (Å²) in [4.78, 5) is 4.03. The molecule has 1 aromatic rings. The average Bonchev–Trinajstić information content (AvgIpc) is 2.52. The minimum absolute atomic E-state index is 0.220. The SMILES string of the molecule is CCCC[C@@H](S)c1ncn[nH]1. The largest absolute Gasteiger partial charge is 0.262 e. The molecule has 0 unspecified atom stereocenters. The number of rotatable bonds is 4. The zero-order chi connectivity index (χ0) is 8.10. The summed E-state index contributed by atoms with van der Waals surface area (Å²) in [5, 5.41) is 6.79. The molecule has 0 aliphatic carbocycles. The summed E-state index contributed by atoms with van der Waals surface area (Å²) in [5.74, 6) is 0.877. The van der Waals surface area contributed by atoms with Crippen LogP contribution < -0.4 is 0 Å². The Balaban J connectivity index is 2.36. The lowest BCUT2D eigenvalue weighted by Gasteiger charge is -2.04. The van der Waals surface area contributed by atoms with Gasteiger partial charge < -0.3 is 0 Å². The highest BCUT2D eigenvalue weighted by atomic mass is 32.1. The van der Waals surface area contributed by atoms with Crippen LogP contribution in [0.2, 0.25) is 0 Å². The molecule has 1 N–H and O–H groups in total. The van der Waals surface area contributed by atoms with E-state index in [-0.39, 0.29) is 5.25 Å². The summed E-state index contributed by atoms with van der Waals surface area (Å²) in [6, 6.07) is 0. The van der Waals surface area contributed by atoms with Crippen LogP contribution in [-0.4, -0.2) is 15.2 Å². The van der Waals surface area contributed by atoms with Gasteiger partial charge in [0.05, 0.1) is 5.25 Å². The predicted octanol–water partition coefficient (Wildman–Crippen LogP) is 1.97. The Morgan fingerprint density at radius 2 is 2.55 bits per heavy atom. The molecule has 1 atom stereocenters. The molecule has 4 heteroatoms. The summed E-state index contributed by atoms with van der Waals surface area (Å²) in [6.07, 6.45) is 4.97. The quantitative estimate of drug-likeness (QED) is 0.680. The van der Waals surface area contributed by atoms with Crippen molar-refractivity contribution >= 4 is 12.6 Å². The Hall–Kier alpha value is -0.510. The summed E-state index contributed by atoms with van der Waals surface area (Å²) in [6.45, 7) is 2.17. The first kappa shape index (κ1) is 8.59. The van der Waals surface area contributed by atoms with Crippen molar-refractivity contribution in [3.05, 3.63) is 12.2 Å². The monoisotopic (exact) mass is 171 g/mol. The van der Waals surface area contributed by atoms with E-state index in [4.69, 9.17) is 0 Å². The van der Waals surface area contributed by atoms with Gasteiger partial charge in [-0.1, -0.05) is 19.8 Å². The van der Waals surface area contributed by atoms with Crippen LogP contribution in [0.25, 0.3) is 0 Å². The maximum atomic E-state index is 4.39. The second-order valence-electron chi connectivity index (χ2n) is 2.53. The van der Waals surface area contributed by atoms with E-state index in [1.54, 1.807) is 0 Å². The number of H-pyrrole nitrogens is 1. The third-order valence-corrected chi connectivity index (χ3v) is 2.08. The maximum absolute atomic E-state index is 4.39. The molecule has 0 bridgehead atoms. The van der Waals surface area contributed by atoms with Gasteiger partial charge >= 0.3 is 0 Å². The van der Waals surface area contributed by atoms with Crippen LogP contribution in [0.1, 0.15) is 37.3 Å². The maximum Gasteiger partial charge on any atom is 0.137 e. The third kappa shape index (κ3) is 2.54. The fourth-order valence-corrected chi connectivity index (χ4v) is 1.22. The van der Waals surface area contributed by atoms with Gasteiger partial charge in [0, 0.05) is 0 Å². The van der Waals surface area contributed by atoms with Gasteiger partial charge in [0.25, 0.3) is 0 Å². The van der Waals surface area contributed by atoms with Crippen molar-refractivity contribution in [3.8, 4) is 0 Å². The van der Waals surface area contributed by atoms with E-state index in [2.05, 4.69) is 34.7 Å². The van der Waals surface area contributed by atoms with Crippen molar-refractivity contribution in [1.29, 1.82) is 0 Å². The highest BCUT2D eigenvalue weighted by Crippen LogP contribution is 2.21. The van der Waals surface area contributed by atoms with E-state index in [1.165, 1.54) is 19.2 Å². The van der Waals surface area contributed by atoms with Crippen LogP contribution in [0.5, 0.6) is 0 Å². The summed E-state index contributed by atoms with van der Waals surface area (Å²) in [5.41, 5.74) is 0. The first-order valence-corrected chi connectivity index (χ1v) is 4.39. The number of hydrogen-bond acceptors (Lipinski definition) is 3. The Morgan fingerprint density at radius 3 is 3.09 bits per heavy atom. The van der Waals surface area contributed by atoms with E-state index in [9.17, 15) is 0 Å². The molecule has 0 radical (unpaired) electrons. The molecular formula is C7H13N3S. The minimum Gasteiger partial charge on any atom is -0.262 e. The number of aromatic nitrogens is 3. The van der Waals surface area contributed by atoms with Crippen molar-refractivity contribution in [3.63, 3.8) is 0 Å². The molecule has 0 aliphatic heterocycles. The average molecular weight is 171 g/mol. The van der Waals surface area contributed by atoms with E-state index >= 15 is 0 Å². The molecule has 11 heavy (non-hydrogen) atoms. The fourth-order valence-electron chi connectivity index (χ4n) is 0.910. The van der Waals surface area contributed by atoms with Crippen molar-refractivity contribution in [2.24, 2.45) is 0 Å². The molecule has 0 spiro atoms. The second kappa shape index (κ2) is 4.38. The molecule has 3 nitrogen and oxygen atoms in total. The number of aromatic amines is 1. The van der Waals surface area contributed by atoms with Gasteiger partial charge in [-0.3, -0.25) is 5.10 Å². The van der Waals surface area contributed by atoms with Crippen molar-refractivity contribution in [2.75, 3.05) is 0 Å². The van der Waals surface area contributed by atoms with Crippen LogP contribution in [0.3, 0.4) is 0 Å². The smallest absolute Gasteiger partial charge is 0.137 e. The second-order valence-corrected chi connectivity index (χ2v) is 3.15. The standard InChI is InChI=1S/C7H13N3S/c1-2-3-4-6(11)7-8-5-9-10-7/h5-6,11H,2-4H2,1H3,(H,8,9,10)/t6-/m1/s1. The van der Waals surface area contributed by atoms with Crippen molar-refractivity contribution in [2.45, 2.75) is 31.4 Å². The molecule has 0 aromatic carbocycles. The number of hydrogen-bond donors (Lipinski definition) is 2. The highest BCUT2D eigenvalue weighted by molar-refractivity contribution is 7.80. The lowest BCUT2D eigenvalue weighted by Crippen LogP contribution is -1.93. The molecule has 0 aliphatic rings. The van der Waals surface area contributed by atoms with Crippen LogP contribution >= 0.6 is 12.6 Å². The fraction of sp³-hybridized carbons (Fsp3) is 0.714. The molecule has 1 aromatic heterocycles. The van der Waals surface area contributed by atoms with E-state index in [0.717, 1.165) is 12.2 Å². The van der Waals surface area contributed by atoms with Crippen LogP contribution in [0.4, 0.5) is 0 Å². The molecular weight excluding hydrogens is 158 g/mol. The van der Waals surface area contributed by atoms with Crippen LogP contribution in [0, 0.1) is 0 Å². The Labute approximate surface area is 72.0 Å². The van der Waals surface area contributed by atoms with Crippen LogP contribution in [-0.2, 0) is 0 Å². The zero-order valence-corrected chi connectivity index (χ0v) is 7.51. The molecule has 0 fully saturated rings. The number of thiol groups is 1. The van der Waals surface area contributed by atoms with E-state index in [0.29, 0.717) is 0 Å².